The molecule has 0 aliphatic rings. The van der Waals surface area contributed by atoms with Crippen molar-refractivity contribution < 1.29 is 35.1 Å². The highest BCUT2D eigenvalue weighted by molar-refractivity contribution is 7.86. The maximum atomic E-state index is 10.7. The SMILES string of the molecule is O=S(=O)(O)CC[n+]1ccc(/C=C/c2cc[n+](CCS(=O)(=O)O)cc2)cc1. The van der Waals surface area contributed by atoms with Crippen LogP contribution in [-0.4, -0.2) is 37.4 Å². The lowest BCUT2D eigenvalue weighted by Crippen LogP contribution is -2.36. The first kappa shape index (κ1) is 20.2. The largest absolute Gasteiger partial charge is 0.285 e. The van der Waals surface area contributed by atoms with Crippen LogP contribution in [0.3, 0.4) is 0 Å². The van der Waals surface area contributed by atoms with Gasteiger partial charge in [-0.3, -0.25) is 9.11 Å². The molecule has 0 spiro atoms. The first-order valence-electron chi connectivity index (χ1n) is 7.67. The fourth-order valence-electron chi connectivity index (χ4n) is 2.09. The average Bonchev–Trinajstić information content (AvgIpc) is 2.57. The summed E-state index contributed by atoms with van der Waals surface area (Å²) in [5, 5.41) is 0. The van der Waals surface area contributed by atoms with Crippen molar-refractivity contribution in [1.29, 1.82) is 0 Å². The molecule has 0 aliphatic heterocycles. The molecule has 0 radical (unpaired) electrons. The summed E-state index contributed by atoms with van der Waals surface area (Å²) in [5.41, 5.74) is 1.83. The number of hydrogen-bond donors (Lipinski definition) is 2. The Bertz CT molecular complexity index is 885. The van der Waals surface area contributed by atoms with E-state index in [1.54, 1.807) is 33.9 Å². The van der Waals surface area contributed by atoms with E-state index in [4.69, 9.17) is 9.11 Å². The van der Waals surface area contributed by atoms with E-state index in [1.165, 1.54) is 0 Å². The molecule has 0 aliphatic carbocycles. The van der Waals surface area contributed by atoms with Gasteiger partial charge in [-0.05, 0) is 11.1 Å². The zero-order chi connectivity index (χ0) is 19.2. The number of aryl methyl sites for hydroxylation is 2. The number of hydrogen-bond acceptors (Lipinski definition) is 4. The Morgan fingerprint density at radius 2 is 1.00 bits per heavy atom. The van der Waals surface area contributed by atoms with Gasteiger partial charge in [0.1, 0.15) is 11.5 Å². The van der Waals surface area contributed by atoms with Crippen molar-refractivity contribution in [2.75, 3.05) is 11.5 Å². The lowest BCUT2D eigenvalue weighted by Gasteiger charge is -1.97. The summed E-state index contributed by atoms with van der Waals surface area (Å²) in [6, 6.07) is 7.26. The van der Waals surface area contributed by atoms with E-state index in [-0.39, 0.29) is 24.6 Å². The molecule has 8 nitrogen and oxygen atoms in total. The summed E-state index contributed by atoms with van der Waals surface area (Å²) in [7, 11) is -7.96. The Morgan fingerprint density at radius 3 is 1.27 bits per heavy atom. The number of aromatic nitrogens is 2. The van der Waals surface area contributed by atoms with E-state index in [2.05, 4.69) is 0 Å². The number of pyridine rings is 2. The van der Waals surface area contributed by atoms with Gasteiger partial charge in [0.2, 0.25) is 0 Å². The molecule has 0 unspecified atom stereocenters. The van der Waals surface area contributed by atoms with Gasteiger partial charge in [0.25, 0.3) is 20.2 Å². The summed E-state index contributed by atoms with van der Waals surface area (Å²) < 4.78 is 63.7. The molecule has 0 atom stereocenters. The third-order valence-electron chi connectivity index (χ3n) is 3.52. The van der Waals surface area contributed by atoms with Gasteiger partial charge in [-0.15, -0.1) is 0 Å². The first-order valence-corrected chi connectivity index (χ1v) is 10.9. The van der Waals surface area contributed by atoms with Crippen molar-refractivity contribution >= 4 is 32.4 Å². The maximum absolute atomic E-state index is 10.7. The fourth-order valence-corrected chi connectivity index (χ4v) is 2.98. The van der Waals surface area contributed by atoms with Crippen LogP contribution in [0.15, 0.2) is 49.1 Å². The molecule has 26 heavy (non-hydrogen) atoms. The maximum Gasteiger partial charge on any atom is 0.271 e. The Morgan fingerprint density at radius 1 is 0.692 bits per heavy atom. The van der Waals surface area contributed by atoms with Gasteiger partial charge >= 0.3 is 0 Å². The van der Waals surface area contributed by atoms with Crippen LogP contribution >= 0.6 is 0 Å². The molecule has 0 bridgehead atoms. The monoisotopic (exact) mass is 400 g/mol. The molecule has 0 fully saturated rings. The second-order valence-corrected chi connectivity index (χ2v) is 8.79. The Labute approximate surface area is 152 Å². The summed E-state index contributed by atoms with van der Waals surface area (Å²) in [4.78, 5) is 0. The van der Waals surface area contributed by atoms with Crippen molar-refractivity contribution in [2.24, 2.45) is 0 Å². The van der Waals surface area contributed by atoms with Gasteiger partial charge in [0, 0.05) is 24.3 Å². The minimum Gasteiger partial charge on any atom is -0.285 e. The van der Waals surface area contributed by atoms with E-state index in [9.17, 15) is 16.8 Å². The van der Waals surface area contributed by atoms with Gasteiger partial charge in [0.15, 0.2) is 37.9 Å². The van der Waals surface area contributed by atoms with Gasteiger partial charge < -0.3 is 0 Å². The Balaban J connectivity index is 1.94. The highest BCUT2D eigenvalue weighted by atomic mass is 32.2. The molecule has 0 saturated heterocycles. The van der Waals surface area contributed by atoms with E-state index < -0.39 is 20.2 Å². The zero-order valence-electron chi connectivity index (χ0n) is 13.8. The summed E-state index contributed by atoms with van der Waals surface area (Å²) in [5.74, 6) is -0.678. The smallest absolute Gasteiger partial charge is 0.271 e. The molecule has 2 rings (SSSR count). The van der Waals surface area contributed by atoms with Gasteiger partial charge in [-0.1, -0.05) is 12.2 Å². The molecular formula is C16H20N2O6S2+2. The standard InChI is InChI=1S/C16H18N2O6S2/c19-25(20,21)13-11-17-7-3-15(4-8-17)1-2-16-5-9-18(10-6-16)12-14-26(22,23)24/h1-10H,11-14H2/p+2/b2-1+. The number of rotatable bonds is 8. The zero-order valence-corrected chi connectivity index (χ0v) is 15.5. The minimum atomic E-state index is -3.98. The highest BCUT2D eigenvalue weighted by Crippen LogP contribution is 2.05. The molecule has 10 heteroatoms. The Kier molecular flexibility index (Phi) is 6.59. The minimum absolute atomic E-state index is 0.172. The molecule has 2 N–H and O–H groups in total. The van der Waals surface area contributed by atoms with Crippen LogP contribution in [-0.2, 0) is 33.3 Å². The van der Waals surface area contributed by atoms with Crippen LogP contribution in [0.2, 0.25) is 0 Å². The van der Waals surface area contributed by atoms with E-state index in [0.29, 0.717) is 0 Å². The topological polar surface area (TPSA) is 117 Å². The molecule has 2 aromatic rings. The van der Waals surface area contributed by atoms with Crippen molar-refractivity contribution in [3.05, 3.63) is 60.2 Å². The lowest BCUT2D eigenvalue weighted by molar-refractivity contribution is -0.692. The molecule has 140 valence electrons. The van der Waals surface area contributed by atoms with Crippen LogP contribution in [0, 0.1) is 0 Å². The third-order valence-corrected chi connectivity index (χ3v) is 4.91. The molecule has 0 amide bonds. The summed E-state index contributed by atoms with van der Waals surface area (Å²) >= 11 is 0. The second-order valence-electron chi connectivity index (χ2n) is 5.64. The van der Waals surface area contributed by atoms with Crippen molar-refractivity contribution in [2.45, 2.75) is 13.1 Å². The van der Waals surface area contributed by atoms with Crippen LogP contribution in [0.4, 0.5) is 0 Å². The second kappa shape index (κ2) is 8.49. The fraction of sp³-hybridized carbons (Fsp3) is 0.250. The van der Waals surface area contributed by atoms with Gasteiger partial charge in [-0.25, -0.2) is 9.13 Å². The van der Waals surface area contributed by atoms with Crippen LogP contribution in [0.1, 0.15) is 11.1 Å². The van der Waals surface area contributed by atoms with Crippen molar-refractivity contribution in [3.8, 4) is 0 Å². The van der Waals surface area contributed by atoms with Crippen LogP contribution in [0.25, 0.3) is 12.2 Å². The van der Waals surface area contributed by atoms with E-state index in [1.807, 2.05) is 36.4 Å². The van der Waals surface area contributed by atoms with E-state index >= 15 is 0 Å². The van der Waals surface area contributed by atoms with E-state index in [0.717, 1.165) is 11.1 Å². The van der Waals surface area contributed by atoms with Gasteiger partial charge in [-0.2, -0.15) is 16.8 Å². The normalized spacial score (nSPS) is 12.5. The molecule has 0 saturated carbocycles. The average molecular weight is 400 g/mol. The molecular weight excluding hydrogens is 380 g/mol. The van der Waals surface area contributed by atoms with Crippen LogP contribution < -0.4 is 9.13 Å². The molecule has 2 aromatic heterocycles. The van der Waals surface area contributed by atoms with Gasteiger partial charge in [0.05, 0.1) is 0 Å². The summed E-state index contributed by atoms with van der Waals surface area (Å²) in [6.07, 6.45) is 10.6. The Hall–Kier alpha value is -2.14. The molecule has 2 heterocycles. The van der Waals surface area contributed by atoms with Crippen molar-refractivity contribution in [3.63, 3.8) is 0 Å². The third kappa shape index (κ3) is 7.83. The quantitative estimate of drug-likeness (QED) is 0.483. The number of nitrogens with zero attached hydrogens (tertiary/aromatic N) is 2. The predicted octanol–water partition coefficient (Wildman–Crippen LogP) is 0.208. The highest BCUT2D eigenvalue weighted by Gasteiger charge is 2.10. The lowest BCUT2D eigenvalue weighted by atomic mass is 10.2. The molecule has 0 aromatic carbocycles. The van der Waals surface area contributed by atoms with Crippen molar-refractivity contribution in [1.82, 2.24) is 0 Å². The predicted molar refractivity (Wildman–Crippen MR) is 95.0 cm³/mol. The summed E-state index contributed by atoms with van der Waals surface area (Å²) in [6.45, 7) is 0.343. The van der Waals surface area contributed by atoms with Crippen LogP contribution in [0.5, 0.6) is 0 Å². The first-order chi connectivity index (χ1) is 12.1.